The first-order valence-corrected chi connectivity index (χ1v) is 9.72. The highest BCUT2D eigenvalue weighted by atomic mass is 32.2. The zero-order valence-corrected chi connectivity index (χ0v) is 17.1. The number of hydrogen-bond acceptors (Lipinski definition) is 5. The van der Waals surface area contributed by atoms with Crippen LogP contribution in [0.1, 0.15) is 23.6 Å². The van der Waals surface area contributed by atoms with Crippen LogP contribution in [0.15, 0.2) is 29.2 Å². The predicted molar refractivity (Wildman–Crippen MR) is 105 cm³/mol. The first kappa shape index (κ1) is 20.6. The lowest BCUT2D eigenvalue weighted by Crippen LogP contribution is -2.17. The Morgan fingerprint density at radius 2 is 1.59 bits per heavy atom. The summed E-state index contributed by atoms with van der Waals surface area (Å²) in [6, 6.07) is 6.43. The Kier molecular flexibility index (Phi) is 6.00. The standard InChI is InChI=1S/C19H24N2O5S/c1-11-9-18(26-6)12(2)13(3)19(11)27(23,24)21-16-10-15(20-14(4)22)7-8-17(16)25-5/h7-10,21H,1-6H3,(H,20,22). The Hall–Kier alpha value is -2.74. The summed E-state index contributed by atoms with van der Waals surface area (Å²) in [5.41, 5.74) is 2.62. The number of anilines is 2. The Bertz CT molecular complexity index is 984. The van der Waals surface area contributed by atoms with Crippen LogP contribution < -0.4 is 19.5 Å². The van der Waals surface area contributed by atoms with Crippen LogP contribution in [0, 0.1) is 20.8 Å². The molecule has 0 saturated carbocycles. The quantitative estimate of drug-likeness (QED) is 0.786. The first-order chi connectivity index (χ1) is 12.6. The van der Waals surface area contributed by atoms with Crippen molar-refractivity contribution in [3.8, 4) is 11.5 Å². The van der Waals surface area contributed by atoms with Crippen molar-refractivity contribution in [1.29, 1.82) is 0 Å². The lowest BCUT2D eigenvalue weighted by Gasteiger charge is -2.18. The average Bonchev–Trinajstić information content (AvgIpc) is 2.57. The van der Waals surface area contributed by atoms with Crippen LogP contribution in [-0.4, -0.2) is 28.5 Å². The number of rotatable bonds is 6. The number of ether oxygens (including phenoxy) is 2. The summed E-state index contributed by atoms with van der Waals surface area (Å²) in [6.45, 7) is 6.64. The SMILES string of the molecule is COc1ccc(NC(C)=O)cc1NS(=O)(=O)c1c(C)cc(OC)c(C)c1C. The van der Waals surface area contributed by atoms with Crippen molar-refractivity contribution in [2.45, 2.75) is 32.6 Å². The van der Waals surface area contributed by atoms with E-state index < -0.39 is 10.0 Å². The summed E-state index contributed by atoms with van der Waals surface area (Å²) in [5.74, 6) is 0.717. The second-order valence-corrected chi connectivity index (χ2v) is 7.80. The van der Waals surface area contributed by atoms with Crippen molar-refractivity contribution in [2.75, 3.05) is 24.3 Å². The van der Waals surface area contributed by atoms with Gasteiger partial charge >= 0.3 is 0 Å². The molecule has 1 amide bonds. The smallest absolute Gasteiger partial charge is 0.262 e. The number of carbonyl (C=O) groups excluding carboxylic acids is 1. The molecule has 0 aliphatic heterocycles. The molecule has 0 atom stereocenters. The maximum atomic E-state index is 13.1. The Labute approximate surface area is 159 Å². The number of benzene rings is 2. The summed E-state index contributed by atoms with van der Waals surface area (Å²) < 4.78 is 39.3. The van der Waals surface area contributed by atoms with E-state index in [0.717, 1.165) is 5.56 Å². The Morgan fingerprint density at radius 1 is 0.963 bits per heavy atom. The van der Waals surface area contributed by atoms with E-state index >= 15 is 0 Å². The maximum absolute atomic E-state index is 13.1. The highest BCUT2D eigenvalue weighted by molar-refractivity contribution is 7.92. The molecule has 0 saturated heterocycles. The van der Waals surface area contributed by atoms with Gasteiger partial charge in [-0.1, -0.05) is 0 Å². The Balaban J connectivity index is 2.54. The molecule has 2 aromatic carbocycles. The van der Waals surface area contributed by atoms with Crippen molar-refractivity contribution in [3.05, 3.63) is 41.0 Å². The molecule has 8 heteroatoms. The zero-order chi connectivity index (χ0) is 20.4. The second kappa shape index (κ2) is 7.87. The molecule has 0 aliphatic carbocycles. The van der Waals surface area contributed by atoms with Gasteiger partial charge in [-0.15, -0.1) is 0 Å². The minimum absolute atomic E-state index is 0.188. The van der Waals surface area contributed by atoms with Crippen molar-refractivity contribution in [1.82, 2.24) is 0 Å². The minimum Gasteiger partial charge on any atom is -0.496 e. The number of methoxy groups -OCH3 is 2. The van der Waals surface area contributed by atoms with Crippen LogP contribution in [0.25, 0.3) is 0 Å². The third kappa shape index (κ3) is 4.33. The third-order valence-corrected chi connectivity index (χ3v) is 5.89. The summed E-state index contributed by atoms with van der Waals surface area (Å²) >= 11 is 0. The van der Waals surface area contributed by atoms with E-state index in [-0.39, 0.29) is 16.5 Å². The van der Waals surface area contributed by atoms with Crippen molar-refractivity contribution >= 4 is 27.3 Å². The fraction of sp³-hybridized carbons (Fsp3) is 0.316. The van der Waals surface area contributed by atoms with Crippen LogP contribution in [0.4, 0.5) is 11.4 Å². The van der Waals surface area contributed by atoms with E-state index in [9.17, 15) is 13.2 Å². The molecule has 7 nitrogen and oxygen atoms in total. The molecule has 27 heavy (non-hydrogen) atoms. The summed E-state index contributed by atoms with van der Waals surface area (Å²) in [5, 5.41) is 2.62. The number of amides is 1. The minimum atomic E-state index is -3.90. The van der Waals surface area contributed by atoms with Gasteiger partial charge in [0.1, 0.15) is 11.5 Å². The van der Waals surface area contributed by atoms with Gasteiger partial charge in [0.2, 0.25) is 5.91 Å². The van der Waals surface area contributed by atoms with Crippen LogP contribution in [-0.2, 0) is 14.8 Å². The van der Waals surface area contributed by atoms with E-state index in [1.807, 2.05) is 6.92 Å². The number of hydrogen-bond donors (Lipinski definition) is 2. The highest BCUT2D eigenvalue weighted by Gasteiger charge is 2.24. The topological polar surface area (TPSA) is 93.7 Å². The molecule has 146 valence electrons. The number of sulfonamides is 1. The Morgan fingerprint density at radius 3 is 2.15 bits per heavy atom. The molecule has 0 heterocycles. The molecule has 0 bridgehead atoms. The van der Waals surface area contributed by atoms with Crippen molar-refractivity contribution in [2.24, 2.45) is 0 Å². The van der Waals surface area contributed by atoms with Gasteiger partial charge in [-0.2, -0.15) is 0 Å². The van der Waals surface area contributed by atoms with Crippen molar-refractivity contribution < 1.29 is 22.7 Å². The molecule has 0 aromatic heterocycles. The fourth-order valence-corrected chi connectivity index (χ4v) is 4.50. The van der Waals surface area contributed by atoms with Gasteiger partial charge in [-0.25, -0.2) is 8.42 Å². The van der Waals surface area contributed by atoms with Crippen LogP contribution in [0.2, 0.25) is 0 Å². The molecule has 0 radical (unpaired) electrons. The number of nitrogens with one attached hydrogen (secondary N) is 2. The molecular formula is C19H24N2O5S. The van der Waals surface area contributed by atoms with Gasteiger partial charge in [0.25, 0.3) is 10.0 Å². The van der Waals surface area contributed by atoms with Gasteiger partial charge < -0.3 is 14.8 Å². The second-order valence-electron chi connectivity index (χ2n) is 6.18. The van der Waals surface area contributed by atoms with E-state index in [1.54, 1.807) is 39.2 Å². The van der Waals surface area contributed by atoms with Crippen LogP contribution >= 0.6 is 0 Å². The largest absolute Gasteiger partial charge is 0.496 e. The number of carbonyl (C=O) groups is 1. The summed E-state index contributed by atoms with van der Waals surface area (Å²) in [4.78, 5) is 11.5. The molecule has 2 rings (SSSR count). The third-order valence-electron chi connectivity index (χ3n) is 4.23. The van der Waals surface area contributed by atoms with E-state index in [0.29, 0.717) is 28.3 Å². The van der Waals surface area contributed by atoms with Crippen LogP contribution in [0.5, 0.6) is 11.5 Å². The van der Waals surface area contributed by atoms with Gasteiger partial charge in [-0.05, 0) is 61.7 Å². The molecule has 2 aromatic rings. The molecule has 2 N–H and O–H groups in total. The van der Waals surface area contributed by atoms with E-state index in [1.165, 1.54) is 20.1 Å². The van der Waals surface area contributed by atoms with E-state index in [4.69, 9.17) is 9.47 Å². The van der Waals surface area contributed by atoms with Crippen molar-refractivity contribution in [3.63, 3.8) is 0 Å². The summed E-state index contributed by atoms with van der Waals surface area (Å²) in [7, 11) is -0.907. The molecule has 0 fully saturated rings. The van der Waals surface area contributed by atoms with E-state index in [2.05, 4.69) is 10.0 Å². The predicted octanol–water partition coefficient (Wildman–Crippen LogP) is 3.39. The normalized spacial score (nSPS) is 11.0. The fourth-order valence-electron chi connectivity index (χ4n) is 2.91. The number of aryl methyl sites for hydroxylation is 1. The monoisotopic (exact) mass is 392 g/mol. The molecule has 0 aliphatic rings. The maximum Gasteiger partial charge on any atom is 0.262 e. The summed E-state index contributed by atoms with van der Waals surface area (Å²) in [6.07, 6.45) is 0. The molecule has 0 spiro atoms. The van der Waals surface area contributed by atoms with Gasteiger partial charge in [0.05, 0.1) is 24.8 Å². The zero-order valence-electron chi connectivity index (χ0n) is 16.3. The highest BCUT2D eigenvalue weighted by Crippen LogP contribution is 2.34. The lowest BCUT2D eigenvalue weighted by atomic mass is 10.1. The average molecular weight is 392 g/mol. The van der Waals surface area contributed by atoms with Gasteiger partial charge in [0.15, 0.2) is 0 Å². The van der Waals surface area contributed by atoms with Crippen LogP contribution in [0.3, 0.4) is 0 Å². The van der Waals surface area contributed by atoms with Gasteiger partial charge in [-0.3, -0.25) is 9.52 Å². The van der Waals surface area contributed by atoms with Gasteiger partial charge in [0, 0.05) is 12.6 Å². The lowest BCUT2D eigenvalue weighted by molar-refractivity contribution is -0.114. The first-order valence-electron chi connectivity index (χ1n) is 8.24. The molecule has 0 unspecified atom stereocenters. The molecular weight excluding hydrogens is 368 g/mol.